The van der Waals surface area contributed by atoms with Crippen molar-refractivity contribution in [1.29, 1.82) is 0 Å². The van der Waals surface area contributed by atoms with Crippen LogP contribution in [0.2, 0.25) is 0 Å². The summed E-state index contributed by atoms with van der Waals surface area (Å²) in [4.78, 5) is 34.8. The largest absolute Gasteiger partial charge is 0.348 e. The molecule has 2 aliphatic rings. The van der Waals surface area contributed by atoms with Crippen molar-refractivity contribution in [3.8, 4) is 0 Å². The molecule has 0 spiro atoms. The normalized spacial score (nSPS) is 29.0. The van der Waals surface area contributed by atoms with Crippen molar-refractivity contribution in [3.63, 3.8) is 0 Å². The molecule has 2 aromatic heterocycles. The summed E-state index contributed by atoms with van der Waals surface area (Å²) in [5.74, 6) is 0.0221. The summed E-state index contributed by atoms with van der Waals surface area (Å²) in [7, 11) is 0. The smallest absolute Gasteiger partial charge is 0.212 e. The van der Waals surface area contributed by atoms with Crippen LogP contribution in [0.15, 0.2) is 12.7 Å². The first-order valence-electron chi connectivity index (χ1n) is 8.42. The van der Waals surface area contributed by atoms with E-state index in [4.69, 9.17) is 14.2 Å². The molecule has 0 unspecified atom stereocenters. The average molecular weight is 393 g/mol. The Balaban J connectivity index is 1.68. The SMILES string of the molecule is CC(=O)SC[C@@H]1O[C@H](n2cnc3c(NC=O)ncnc32)[C@H]2OC(C)(C)O[C@H]21. The Bertz CT molecular complexity index is 887. The fourth-order valence-corrected chi connectivity index (χ4v) is 4.08. The van der Waals surface area contributed by atoms with E-state index in [0.717, 1.165) is 0 Å². The molecule has 144 valence electrons. The number of amides is 1. The van der Waals surface area contributed by atoms with Gasteiger partial charge in [-0.3, -0.25) is 14.2 Å². The molecule has 11 heteroatoms. The maximum atomic E-state index is 11.4. The van der Waals surface area contributed by atoms with Gasteiger partial charge in [-0.15, -0.1) is 0 Å². The molecule has 4 atom stereocenters. The van der Waals surface area contributed by atoms with Gasteiger partial charge in [-0.2, -0.15) is 0 Å². The molecule has 4 heterocycles. The van der Waals surface area contributed by atoms with Crippen LogP contribution in [0.5, 0.6) is 0 Å². The number of ether oxygens (including phenoxy) is 3. The first-order chi connectivity index (χ1) is 12.9. The average Bonchev–Trinajstić information content (AvgIpc) is 3.25. The van der Waals surface area contributed by atoms with Crippen LogP contribution < -0.4 is 5.32 Å². The molecule has 2 aliphatic heterocycles. The summed E-state index contributed by atoms with van der Waals surface area (Å²) >= 11 is 1.19. The molecule has 2 aromatic rings. The van der Waals surface area contributed by atoms with Crippen molar-refractivity contribution in [2.45, 2.75) is 51.1 Å². The van der Waals surface area contributed by atoms with Gasteiger partial charge < -0.3 is 19.5 Å². The maximum Gasteiger partial charge on any atom is 0.212 e. The number of imidazole rings is 1. The summed E-state index contributed by atoms with van der Waals surface area (Å²) < 4.78 is 20.0. The minimum absolute atomic E-state index is 0.0159. The lowest BCUT2D eigenvalue weighted by Gasteiger charge is -2.24. The van der Waals surface area contributed by atoms with Crippen LogP contribution in [0.25, 0.3) is 11.2 Å². The number of anilines is 1. The Labute approximate surface area is 159 Å². The van der Waals surface area contributed by atoms with Crippen LogP contribution in [-0.4, -0.2) is 60.9 Å². The summed E-state index contributed by atoms with van der Waals surface area (Å²) in [6.45, 7) is 5.21. The predicted molar refractivity (Wildman–Crippen MR) is 95.9 cm³/mol. The second kappa shape index (κ2) is 6.82. The van der Waals surface area contributed by atoms with E-state index in [1.165, 1.54) is 25.0 Å². The van der Waals surface area contributed by atoms with Crippen LogP contribution in [-0.2, 0) is 23.8 Å². The van der Waals surface area contributed by atoms with E-state index >= 15 is 0 Å². The van der Waals surface area contributed by atoms with Gasteiger partial charge in [0.2, 0.25) is 6.41 Å². The van der Waals surface area contributed by atoms with Crippen LogP contribution in [0.1, 0.15) is 27.0 Å². The summed E-state index contributed by atoms with van der Waals surface area (Å²) in [6, 6.07) is 0. The summed E-state index contributed by atoms with van der Waals surface area (Å²) in [5.41, 5.74) is 0.954. The lowest BCUT2D eigenvalue weighted by atomic mass is 10.1. The van der Waals surface area contributed by atoms with Crippen molar-refractivity contribution in [2.75, 3.05) is 11.1 Å². The highest BCUT2D eigenvalue weighted by atomic mass is 32.2. The van der Waals surface area contributed by atoms with Crippen LogP contribution in [0, 0.1) is 0 Å². The number of carbonyl (C=O) groups excluding carboxylic acids is 2. The zero-order valence-corrected chi connectivity index (χ0v) is 15.8. The predicted octanol–water partition coefficient (Wildman–Crippen LogP) is 1.09. The van der Waals surface area contributed by atoms with Gasteiger partial charge in [0.15, 0.2) is 34.1 Å². The van der Waals surface area contributed by atoms with Crippen molar-refractivity contribution >= 4 is 40.3 Å². The second-order valence-electron chi connectivity index (χ2n) is 6.74. The molecule has 1 N–H and O–H groups in total. The van der Waals surface area contributed by atoms with Gasteiger partial charge in [0.1, 0.15) is 18.5 Å². The minimum atomic E-state index is -0.758. The zero-order valence-electron chi connectivity index (χ0n) is 15.0. The van der Waals surface area contributed by atoms with Gasteiger partial charge in [0, 0.05) is 12.7 Å². The molecule has 0 aliphatic carbocycles. The lowest BCUT2D eigenvalue weighted by Crippen LogP contribution is -2.31. The number of rotatable bonds is 5. The minimum Gasteiger partial charge on any atom is -0.348 e. The molecule has 2 saturated heterocycles. The third kappa shape index (κ3) is 3.31. The Morgan fingerprint density at radius 2 is 2.11 bits per heavy atom. The highest BCUT2D eigenvalue weighted by Gasteiger charge is 2.56. The summed E-state index contributed by atoms with van der Waals surface area (Å²) in [6.07, 6.45) is 1.91. The van der Waals surface area contributed by atoms with Gasteiger partial charge in [0.25, 0.3) is 0 Å². The van der Waals surface area contributed by atoms with Crippen molar-refractivity contribution < 1.29 is 23.8 Å². The van der Waals surface area contributed by atoms with Gasteiger partial charge in [-0.05, 0) is 13.8 Å². The molecule has 0 saturated carbocycles. The van der Waals surface area contributed by atoms with Crippen LogP contribution in [0.4, 0.5) is 5.82 Å². The fourth-order valence-electron chi connectivity index (χ4n) is 3.42. The third-order valence-electron chi connectivity index (χ3n) is 4.40. The molecule has 0 radical (unpaired) electrons. The van der Waals surface area contributed by atoms with E-state index in [1.807, 2.05) is 13.8 Å². The number of nitrogens with zero attached hydrogens (tertiary/aromatic N) is 4. The van der Waals surface area contributed by atoms with E-state index in [9.17, 15) is 9.59 Å². The number of aromatic nitrogens is 4. The Morgan fingerprint density at radius 1 is 1.33 bits per heavy atom. The zero-order chi connectivity index (χ0) is 19.2. The molecule has 1 amide bonds. The van der Waals surface area contributed by atoms with E-state index in [1.54, 1.807) is 10.9 Å². The first-order valence-corrected chi connectivity index (χ1v) is 9.40. The van der Waals surface area contributed by atoms with Crippen molar-refractivity contribution in [3.05, 3.63) is 12.7 Å². The molecule has 10 nitrogen and oxygen atoms in total. The van der Waals surface area contributed by atoms with E-state index < -0.39 is 12.0 Å². The van der Waals surface area contributed by atoms with Gasteiger partial charge in [-0.1, -0.05) is 11.8 Å². The number of hydrogen-bond acceptors (Lipinski definition) is 9. The van der Waals surface area contributed by atoms with Gasteiger partial charge >= 0.3 is 0 Å². The quantitative estimate of drug-likeness (QED) is 0.745. The number of hydrogen-bond donors (Lipinski definition) is 1. The molecule has 4 rings (SSSR count). The van der Waals surface area contributed by atoms with Gasteiger partial charge in [0.05, 0.1) is 12.4 Å². The molecule has 27 heavy (non-hydrogen) atoms. The second-order valence-corrected chi connectivity index (χ2v) is 7.94. The lowest BCUT2D eigenvalue weighted by molar-refractivity contribution is -0.193. The number of fused-ring (bicyclic) bond motifs is 2. The topological polar surface area (TPSA) is 117 Å². The Morgan fingerprint density at radius 3 is 2.85 bits per heavy atom. The van der Waals surface area contributed by atoms with Crippen LogP contribution >= 0.6 is 11.8 Å². The van der Waals surface area contributed by atoms with E-state index in [2.05, 4.69) is 20.3 Å². The third-order valence-corrected chi connectivity index (χ3v) is 5.31. The first kappa shape index (κ1) is 18.3. The van der Waals surface area contributed by atoms with Crippen LogP contribution in [0.3, 0.4) is 0 Å². The number of carbonyl (C=O) groups is 2. The molecular weight excluding hydrogens is 374 g/mol. The Hall–Kier alpha value is -2.08. The van der Waals surface area contributed by atoms with Crippen molar-refractivity contribution in [1.82, 2.24) is 19.5 Å². The van der Waals surface area contributed by atoms with Gasteiger partial charge in [-0.25, -0.2) is 15.0 Å². The number of nitrogens with one attached hydrogen (secondary N) is 1. The highest BCUT2D eigenvalue weighted by molar-refractivity contribution is 8.13. The maximum absolute atomic E-state index is 11.4. The number of thioether (sulfide) groups is 1. The molecule has 0 aromatic carbocycles. The van der Waals surface area contributed by atoms with E-state index in [-0.39, 0.29) is 23.4 Å². The molecule has 0 bridgehead atoms. The Kier molecular flexibility index (Phi) is 4.62. The standard InChI is InChI=1S/C16H19N5O5S/c1-8(23)27-4-9-11-12(26-16(2,3)25-11)15(24-9)21-6-19-10-13(20-7-22)17-5-18-14(10)21/h5-7,9,11-12,15H,4H2,1-3H3,(H,17,18,20,22)/t9-,11-,12-,15-/m0/s1. The van der Waals surface area contributed by atoms with Crippen molar-refractivity contribution in [2.24, 2.45) is 0 Å². The summed E-state index contributed by atoms with van der Waals surface area (Å²) in [5, 5.41) is 2.53. The molecular formula is C16H19N5O5S. The fraction of sp³-hybridized carbons (Fsp3) is 0.562. The molecule has 2 fully saturated rings. The monoisotopic (exact) mass is 393 g/mol. The van der Waals surface area contributed by atoms with E-state index in [0.29, 0.717) is 29.1 Å². The highest BCUT2D eigenvalue weighted by Crippen LogP contribution is 2.44.